The maximum absolute atomic E-state index is 5.50. The largest absolute Gasteiger partial charge is 0.378 e. The summed E-state index contributed by atoms with van der Waals surface area (Å²) in [5.74, 6) is 1.12. The molecule has 4 rings (SSSR count). The second-order valence-corrected chi connectivity index (χ2v) is 6.11. The molecule has 1 aliphatic rings. The first kappa shape index (κ1) is 15.1. The van der Waals surface area contributed by atoms with Gasteiger partial charge >= 0.3 is 0 Å². The monoisotopic (exact) mass is 322 g/mol. The van der Waals surface area contributed by atoms with E-state index >= 15 is 0 Å². The third-order valence-corrected chi connectivity index (χ3v) is 4.43. The minimum absolute atomic E-state index is 0.764. The van der Waals surface area contributed by atoms with Crippen LogP contribution in [0.5, 0.6) is 0 Å². The lowest BCUT2D eigenvalue weighted by atomic mass is 10.1. The Morgan fingerprint density at radius 2 is 1.92 bits per heavy atom. The Kier molecular flexibility index (Phi) is 4.17. The Labute approximate surface area is 141 Å². The average molecular weight is 322 g/mol. The number of aromatic nitrogens is 3. The van der Waals surface area contributed by atoms with Crippen LogP contribution in [0.15, 0.2) is 42.6 Å². The standard InChI is InChI=1S/C19H22N4O/c1-2-6-16-13-18(22-9-11-24-12-10-22)23-19(21-16)17(14-20-23)15-7-4-3-5-8-15/h3-5,7-8,13-14H,2,6,9-12H2,1H3. The van der Waals surface area contributed by atoms with E-state index < -0.39 is 0 Å². The van der Waals surface area contributed by atoms with Crippen molar-refractivity contribution in [2.24, 2.45) is 0 Å². The Morgan fingerprint density at radius 3 is 2.67 bits per heavy atom. The van der Waals surface area contributed by atoms with E-state index in [4.69, 9.17) is 9.72 Å². The summed E-state index contributed by atoms with van der Waals surface area (Å²) >= 11 is 0. The summed E-state index contributed by atoms with van der Waals surface area (Å²) in [5, 5.41) is 4.64. The fourth-order valence-corrected chi connectivity index (χ4v) is 3.22. The van der Waals surface area contributed by atoms with Gasteiger partial charge < -0.3 is 9.64 Å². The van der Waals surface area contributed by atoms with Crippen LogP contribution in [0.1, 0.15) is 19.0 Å². The van der Waals surface area contributed by atoms with Gasteiger partial charge in [-0.1, -0.05) is 43.7 Å². The van der Waals surface area contributed by atoms with Crippen LogP contribution in [-0.2, 0) is 11.2 Å². The zero-order valence-corrected chi connectivity index (χ0v) is 14.0. The molecule has 1 fully saturated rings. The first-order valence-electron chi connectivity index (χ1n) is 8.62. The highest BCUT2D eigenvalue weighted by molar-refractivity contribution is 5.78. The maximum atomic E-state index is 5.50. The number of aryl methyl sites for hydroxylation is 1. The molecule has 0 amide bonds. The van der Waals surface area contributed by atoms with E-state index in [2.05, 4.69) is 47.3 Å². The van der Waals surface area contributed by atoms with Crippen molar-refractivity contribution in [3.05, 3.63) is 48.3 Å². The van der Waals surface area contributed by atoms with Gasteiger partial charge in [-0.15, -0.1) is 0 Å². The second kappa shape index (κ2) is 6.61. The molecule has 1 aromatic carbocycles. The highest BCUT2D eigenvalue weighted by Crippen LogP contribution is 2.27. The number of hydrogen-bond acceptors (Lipinski definition) is 4. The van der Waals surface area contributed by atoms with Crippen molar-refractivity contribution in [1.82, 2.24) is 14.6 Å². The molecule has 3 aromatic rings. The van der Waals surface area contributed by atoms with Crippen molar-refractivity contribution in [2.75, 3.05) is 31.2 Å². The molecule has 1 saturated heterocycles. The maximum Gasteiger partial charge on any atom is 0.165 e. The van der Waals surface area contributed by atoms with Crippen molar-refractivity contribution in [2.45, 2.75) is 19.8 Å². The van der Waals surface area contributed by atoms with Gasteiger partial charge in [0.15, 0.2) is 5.65 Å². The third kappa shape index (κ3) is 2.76. The molecule has 0 bridgehead atoms. The van der Waals surface area contributed by atoms with Crippen LogP contribution >= 0.6 is 0 Å². The Balaban J connectivity index is 1.87. The molecular formula is C19H22N4O. The van der Waals surface area contributed by atoms with Gasteiger partial charge in [0.2, 0.25) is 0 Å². The van der Waals surface area contributed by atoms with Gasteiger partial charge in [-0.25, -0.2) is 4.98 Å². The van der Waals surface area contributed by atoms with Crippen LogP contribution < -0.4 is 4.90 Å². The van der Waals surface area contributed by atoms with E-state index in [0.717, 1.165) is 67.4 Å². The van der Waals surface area contributed by atoms with Gasteiger partial charge in [-0.3, -0.25) is 0 Å². The predicted molar refractivity (Wildman–Crippen MR) is 95.5 cm³/mol. The average Bonchev–Trinajstić information content (AvgIpc) is 3.07. The van der Waals surface area contributed by atoms with Gasteiger partial charge in [-0.2, -0.15) is 9.61 Å². The summed E-state index contributed by atoms with van der Waals surface area (Å²) in [4.78, 5) is 7.25. The highest BCUT2D eigenvalue weighted by Gasteiger charge is 2.18. The highest BCUT2D eigenvalue weighted by atomic mass is 16.5. The topological polar surface area (TPSA) is 42.7 Å². The third-order valence-electron chi connectivity index (χ3n) is 4.43. The van der Waals surface area contributed by atoms with Gasteiger partial charge in [0, 0.05) is 30.4 Å². The number of hydrogen-bond donors (Lipinski definition) is 0. The summed E-state index contributed by atoms with van der Waals surface area (Å²) < 4.78 is 7.48. The zero-order chi connectivity index (χ0) is 16.4. The van der Waals surface area contributed by atoms with Gasteiger partial charge in [0.25, 0.3) is 0 Å². The number of morpholine rings is 1. The molecule has 0 unspecified atom stereocenters. The van der Waals surface area contributed by atoms with Crippen molar-refractivity contribution in [3.63, 3.8) is 0 Å². The van der Waals surface area contributed by atoms with Crippen LogP contribution in [0, 0.1) is 0 Å². The molecule has 0 radical (unpaired) electrons. The lowest BCUT2D eigenvalue weighted by Gasteiger charge is -2.29. The molecule has 0 saturated carbocycles. The van der Waals surface area contributed by atoms with E-state index in [9.17, 15) is 0 Å². The summed E-state index contributed by atoms with van der Waals surface area (Å²) in [6.07, 6.45) is 3.99. The van der Waals surface area contributed by atoms with Crippen LogP contribution in [0.25, 0.3) is 16.8 Å². The van der Waals surface area contributed by atoms with Gasteiger partial charge in [-0.05, 0) is 12.0 Å². The molecule has 24 heavy (non-hydrogen) atoms. The first-order chi connectivity index (χ1) is 11.9. The molecule has 124 valence electrons. The number of nitrogens with zero attached hydrogens (tertiary/aromatic N) is 4. The number of anilines is 1. The zero-order valence-electron chi connectivity index (χ0n) is 14.0. The van der Waals surface area contributed by atoms with E-state index in [-0.39, 0.29) is 0 Å². The Bertz CT molecular complexity index is 822. The predicted octanol–water partition coefficient (Wildman–Crippen LogP) is 3.19. The van der Waals surface area contributed by atoms with E-state index in [1.54, 1.807) is 0 Å². The van der Waals surface area contributed by atoms with Crippen LogP contribution in [0.2, 0.25) is 0 Å². The normalized spacial score (nSPS) is 15.1. The minimum atomic E-state index is 0.764. The molecule has 2 aromatic heterocycles. The summed E-state index contributed by atoms with van der Waals surface area (Å²) in [6.45, 7) is 5.50. The number of ether oxygens (including phenoxy) is 1. The lowest BCUT2D eigenvalue weighted by molar-refractivity contribution is 0.122. The lowest BCUT2D eigenvalue weighted by Crippen LogP contribution is -2.37. The molecule has 5 heteroatoms. The molecule has 0 spiro atoms. The van der Waals surface area contributed by atoms with E-state index in [0.29, 0.717) is 0 Å². The summed E-state index contributed by atoms with van der Waals surface area (Å²) in [5.41, 5.74) is 4.31. The molecule has 5 nitrogen and oxygen atoms in total. The fraction of sp³-hybridized carbons (Fsp3) is 0.368. The SMILES string of the molecule is CCCc1cc(N2CCOCC2)n2ncc(-c3ccccc3)c2n1. The second-order valence-electron chi connectivity index (χ2n) is 6.11. The van der Waals surface area contributed by atoms with Crippen LogP contribution in [-0.4, -0.2) is 40.9 Å². The molecule has 0 N–H and O–H groups in total. The van der Waals surface area contributed by atoms with Crippen LogP contribution in [0.3, 0.4) is 0 Å². The fourth-order valence-electron chi connectivity index (χ4n) is 3.22. The van der Waals surface area contributed by atoms with E-state index in [1.807, 2.05) is 16.8 Å². The Morgan fingerprint density at radius 1 is 1.12 bits per heavy atom. The van der Waals surface area contributed by atoms with Gasteiger partial charge in [0.1, 0.15) is 5.82 Å². The van der Waals surface area contributed by atoms with Gasteiger partial charge in [0.05, 0.1) is 19.4 Å². The first-order valence-corrected chi connectivity index (χ1v) is 8.62. The summed E-state index contributed by atoms with van der Waals surface area (Å²) in [7, 11) is 0. The van der Waals surface area contributed by atoms with E-state index in [1.165, 1.54) is 0 Å². The number of fused-ring (bicyclic) bond motifs is 1. The quantitative estimate of drug-likeness (QED) is 0.740. The Hall–Kier alpha value is -2.40. The molecule has 3 heterocycles. The molecule has 0 atom stereocenters. The van der Waals surface area contributed by atoms with Crippen LogP contribution in [0.4, 0.5) is 5.82 Å². The molecule has 1 aliphatic heterocycles. The molecular weight excluding hydrogens is 300 g/mol. The molecule has 0 aliphatic carbocycles. The van der Waals surface area contributed by atoms with Crippen molar-refractivity contribution >= 4 is 11.5 Å². The number of rotatable bonds is 4. The summed E-state index contributed by atoms with van der Waals surface area (Å²) in [6, 6.07) is 12.5. The van der Waals surface area contributed by atoms with Crippen molar-refractivity contribution in [1.29, 1.82) is 0 Å². The minimum Gasteiger partial charge on any atom is -0.378 e. The van der Waals surface area contributed by atoms with Crippen molar-refractivity contribution in [3.8, 4) is 11.1 Å². The number of benzene rings is 1. The van der Waals surface area contributed by atoms with Crippen molar-refractivity contribution < 1.29 is 4.74 Å². The smallest absolute Gasteiger partial charge is 0.165 e.